The van der Waals surface area contributed by atoms with Crippen molar-refractivity contribution in [3.8, 4) is 0 Å². The number of rotatable bonds is 6. The van der Waals surface area contributed by atoms with Gasteiger partial charge in [-0.1, -0.05) is 28.1 Å². The molecule has 0 heterocycles. The Balaban J connectivity index is 1.86. The highest BCUT2D eigenvalue weighted by Gasteiger charge is 2.13. The van der Waals surface area contributed by atoms with Crippen LogP contribution in [0.1, 0.15) is 29.8 Å². The van der Waals surface area contributed by atoms with E-state index in [2.05, 4.69) is 21.2 Å². The van der Waals surface area contributed by atoms with Crippen LogP contribution in [0.3, 0.4) is 0 Å². The second-order valence-electron chi connectivity index (χ2n) is 5.20. The lowest BCUT2D eigenvalue weighted by Crippen LogP contribution is -2.22. The van der Waals surface area contributed by atoms with Crippen LogP contribution in [-0.4, -0.2) is 16.9 Å². The molecule has 0 radical (unpaired) electrons. The molecule has 0 saturated carbocycles. The number of thioether (sulfide) groups is 1. The van der Waals surface area contributed by atoms with Gasteiger partial charge >= 0.3 is 0 Å². The Kier molecular flexibility index (Phi) is 6.42. The molecule has 2 aromatic rings. The van der Waals surface area contributed by atoms with Crippen LogP contribution in [0, 0.1) is 0 Å². The number of Topliss-reactive ketones (excluding diaryl/α,β-unsaturated/α-hetero) is 1. The largest absolute Gasteiger partial charge is 0.325 e. The fraction of sp³-hybridized carbons (Fsp3) is 0.222. The van der Waals surface area contributed by atoms with E-state index < -0.39 is 0 Å². The maximum Gasteiger partial charge on any atom is 0.237 e. The van der Waals surface area contributed by atoms with Crippen LogP contribution in [0.2, 0.25) is 0 Å². The molecule has 1 unspecified atom stereocenters. The van der Waals surface area contributed by atoms with Gasteiger partial charge in [-0.15, -0.1) is 11.8 Å². The van der Waals surface area contributed by atoms with E-state index in [1.165, 1.54) is 12.5 Å². The van der Waals surface area contributed by atoms with Gasteiger partial charge in [-0.2, -0.15) is 0 Å². The highest BCUT2D eigenvalue weighted by atomic mass is 79.9. The Morgan fingerprint density at radius 3 is 2.26 bits per heavy atom. The first kappa shape index (κ1) is 17.8. The molecule has 0 aliphatic carbocycles. The van der Waals surface area contributed by atoms with E-state index in [1.807, 2.05) is 31.2 Å². The maximum absolute atomic E-state index is 12.2. The number of hydrogen-bond donors (Lipinski definition) is 1. The number of amides is 1. The highest BCUT2D eigenvalue weighted by molar-refractivity contribution is 9.10. The number of hydrogen-bond acceptors (Lipinski definition) is 3. The molecule has 1 amide bonds. The van der Waals surface area contributed by atoms with Gasteiger partial charge < -0.3 is 5.32 Å². The molecule has 120 valence electrons. The Morgan fingerprint density at radius 1 is 1.09 bits per heavy atom. The number of ketones is 1. The van der Waals surface area contributed by atoms with Gasteiger partial charge in [0.2, 0.25) is 5.91 Å². The zero-order chi connectivity index (χ0) is 16.8. The van der Waals surface area contributed by atoms with Gasteiger partial charge in [0.05, 0.1) is 5.25 Å². The Hall–Kier alpha value is -1.59. The minimum absolute atomic E-state index is 0.0151. The topological polar surface area (TPSA) is 46.2 Å². The third-order valence-electron chi connectivity index (χ3n) is 3.34. The molecule has 1 N–H and O–H groups in total. The Bertz CT molecular complexity index is 683. The standard InChI is InChI=1S/C18H18BrNO2S/c1-12(21)15-5-9-17(10-6-15)20-18(22)13(2)23-11-14-3-7-16(19)8-4-14/h3-10,13H,11H2,1-2H3,(H,20,22). The summed E-state index contributed by atoms with van der Waals surface area (Å²) in [6, 6.07) is 15.0. The second kappa shape index (κ2) is 8.31. The lowest BCUT2D eigenvalue weighted by Gasteiger charge is -2.12. The van der Waals surface area contributed by atoms with Crippen LogP contribution in [0.25, 0.3) is 0 Å². The molecule has 0 bridgehead atoms. The number of anilines is 1. The third kappa shape index (κ3) is 5.52. The van der Waals surface area contributed by atoms with Crippen molar-refractivity contribution >= 4 is 45.1 Å². The number of carbonyl (C=O) groups is 2. The highest BCUT2D eigenvalue weighted by Crippen LogP contribution is 2.21. The summed E-state index contributed by atoms with van der Waals surface area (Å²) in [7, 11) is 0. The monoisotopic (exact) mass is 391 g/mol. The molecule has 2 rings (SSSR count). The van der Waals surface area contributed by atoms with Crippen molar-refractivity contribution in [2.45, 2.75) is 24.9 Å². The average Bonchev–Trinajstić information content (AvgIpc) is 2.54. The van der Waals surface area contributed by atoms with Gasteiger partial charge in [0.1, 0.15) is 0 Å². The van der Waals surface area contributed by atoms with Gasteiger partial charge in [0, 0.05) is 21.5 Å². The molecule has 0 aliphatic heterocycles. The van der Waals surface area contributed by atoms with Crippen molar-refractivity contribution in [1.29, 1.82) is 0 Å². The van der Waals surface area contributed by atoms with Crippen LogP contribution >= 0.6 is 27.7 Å². The second-order valence-corrected chi connectivity index (χ2v) is 7.45. The van der Waals surface area contributed by atoms with Crippen molar-refractivity contribution < 1.29 is 9.59 Å². The van der Waals surface area contributed by atoms with Crippen LogP contribution < -0.4 is 5.32 Å². The van der Waals surface area contributed by atoms with Crippen molar-refractivity contribution in [2.24, 2.45) is 0 Å². The predicted octanol–water partition coefficient (Wildman–Crippen LogP) is 4.91. The van der Waals surface area contributed by atoms with E-state index >= 15 is 0 Å². The SMILES string of the molecule is CC(=O)c1ccc(NC(=O)C(C)SCc2ccc(Br)cc2)cc1. The smallest absolute Gasteiger partial charge is 0.237 e. The van der Waals surface area contributed by atoms with E-state index in [0.29, 0.717) is 11.3 Å². The maximum atomic E-state index is 12.2. The first-order valence-corrected chi connectivity index (χ1v) is 9.08. The summed E-state index contributed by atoms with van der Waals surface area (Å²) in [5, 5.41) is 2.71. The fourth-order valence-corrected chi connectivity index (χ4v) is 3.02. The Morgan fingerprint density at radius 2 is 1.70 bits per heavy atom. The van der Waals surface area contributed by atoms with Gasteiger partial charge in [-0.05, 0) is 55.8 Å². The molecule has 5 heteroatoms. The third-order valence-corrected chi connectivity index (χ3v) is 5.08. The normalized spacial score (nSPS) is 11.8. The van der Waals surface area contributed by atoms with Crippen molar-refractivity contribution in [2.75, 3.05) is 5.32 Å². The molecule has 3 nitrogen and oxygen atoms in total. The zero-order valence-electron chi connectivity index (χ0n) is 13.0. The van der Waals surface area contributed by atoms with E-state index in [4.69, 9.17) is 0 Å². The molecule has 0 spiro atoms. The summed E-state index contributed by atoms with van der Waals surface area (Å²) in [5.41, 5.74) is 2.53. The van der Waals surface area contributed by atoms with Gasteiger partial charge in [-0.25, -0.2) is 0 Å². The van der Waals surface area contributed by atoms with Crippen molar-refractivity contribution in [3.63, 3.8) is 0 Å². The molecule has 2 aromatic carbocycles. The first-order chi connectivity index (χ1) is 11.0. The fourth-order valence-electron chi connectivity index (χ4n) is 1.91. The van der Waals surface area contributed by atoms with E-state index in [9.17, 15) is 9.59 Å². The number of halogens is 1. The van der Waals surface area contributed by atoms with Gasteiger partial charge in [0.15, 0.2) is 5.78 Å². The van der Waals surface area contributed by atoms with Gasteiger partial charge in [-0.3, -0.25) is 9.59 Å². The zero-order valence-corrected chi connectivity index (χ0v) is 15.4. The van der Waals surface area contributed by atoms with Crippen LogP contribution in [0.15, 0.2) is 53.0 Å². The Labute approximate surface area is 149 Å². The van der Waals surface area contributed by atoms with Crippen LogP contribution in [-0.2, 0) is 10.5 Å². The number of carbonyl (C=O) groups excluding carboxylic acids is 2. The predicted molar refractivity (Wildman–Crippen MR) is 100.0 cm³/mol. The summed E-state index contributed by atoms with van der Waals surface area (Å²) in [5.74, 6) is 0.759. The molecule has 0 aliphatic rings. The molecule has 0 aromatic heterocycles. The van der Waals surface area contributed by atoms with E-state index in [-0.39, 0.29) is 16.9 Å². The first-order valence-electron chi connectivity index (χ1n) is 7.23. The van der Waals surface area contributed by atoms with Crippen molar-refractivity contribution in [3.05, 3.63) is 64.1 Å². The minimum Gasteiger partial charge on any atom is -0.325 e. The van der Waals surface area contributed by atoms with Gasteiger partial charge in [0.25, 0.3) is 0 Å². The van der Waals surface area contributed by atoms with Crippen molar-refractivity contribution in [1.82, 2.24) is 0 Å². The molecular formula is C18H18BrNO2S. The summed E-state index contributed by atoms with van der Waals surface area (Å²) >= 11 is 5.00. The summed E-state index contributed by atoms with van der Waals surface area (Å²) in [6.07, 6.45) is 0. The molecule has 0 fully saturated rings. The number of nitrogens with one attached hydrogen (secondary N) is 1. The lowest BCUT2D eigenvalue weighted by molar-refractivity contribution is -0.115. The average molecular weight is 392 g/mol. The molecule has 0 saturated heterocycles. The van der Waals surface area contributed by atoms with Crippen LogP contribution in [0.5, 0.6) is 0 Å². The number of benzene rings is 2. The molecule has 23 heavy (non-hydrogen) atoms. The molecular weight excluding hydrogens is 374 g/mol. The quantitative estimate of drug-likeness (QED) is 0.711. The lowest BCUT2D eigenvalue weighted by atomic mass is 10.1. The van der Waals surface area contributed by atoms with E-state index in [0.717, 1.165) is 10.2 Å². The minimum atomic E-state index is -0.161. The molecule has 1 atom stereocenters. The van der Waals surface area contributed by atoms with E-state index in [1.54, 1.807) is 36.0 Å². The summed E-state index contributed by atoms with van der Waals surface area (Å²) in [4.78, 5) is 23.4. The summed E-state index contributed by atoms with van der Waals surface area (Å²) in [6.45, 7) is 3.41. The van der Waals surface area contributed by atoms with Crippen LogP contribution in [0.4, 0.5) is 5.69 Å². The summed E-state index contributed by atoms with van der Waals surface area (Å²) < 4.78 is 1.05.